The molecule has 4 rings (SSSR count). The Hall–Kier alpha value is -3.71. The molecule has 2 N–H and O–H groups in total. The lowest BCUT2D eigenvalue weighted by atomic mass is 10.1. The molecule has 2 aromatic carbocycles. The number of anilines is 1. The molecule has 6 nitrogen and oxygen atoms in total. The molecule has 1 saturated heterocycles. The number of hydrogen-bond acceptors (Lipinski definition) is 4. The van der Waals surface area contributed by atoms with Crippen LogP contribution in [-0.4, -0.2) is 26.6 Å². The number of carbonyl (C=O) groups excluding carboxylic acids is 2. The summed E-state index contributed by atoms with van der Waals surface area (Å²) in [6, 6.07) is 15.9. The third-order valence-corrected chi connectivity index (χ3v) is 5.18. The van der Waals surface area contributed by atoms with Crippen LogP contribution >= 0.6 is 12.2 Å². The van der Waals surface area contributed by atoms with E-state index in [4.69, 9.17) is 12.2 Å². The number of phenols is 1. The van der Waals surface area contributed by atoms with Crippen LogP contribution in [-0.2, 0) is 9.59 Å². The zero-order chi connectivity index (χ0) is 21.4. The van der Waals surface area contributed by atoms with Crippen LogP contribution in [0.3, 0.4) is 0 Å². The van der Waals surface area contributed by atoms with Crippen LogP contribution in [0.5, 0.6) is 5.75 Å². The summed E-state index contributed by atoms with van der Waals surface area (Å²) < 4.78 is 1.82. The maximum Gasteiger partial charge on any atom is 0.270 e. The highest BCUT2D eigenvalue weighted by Crippen LogP contribution is 2.26. The molecule has 0 unspecified atom stereocenters. The van der Waals surface area contributed by atoms with Crippen molar-refractivity contribution in [1.82, 2.24) is 9.88 Å². The Morgan fingerprint density at radius 3 is 2.47 bits per heavy atom. The Morgan fingerprint density at radius 2 is 1.77 bits per heavy atom. The lowest BCUT2D eigenvalue weighted by molar-refractivity contribution is -0.122. The topological polar surface area (TPSA) is 74.6 Å². The van der Waals surface area contributed by atoms with Gasteiger partial charge in [0.15, 0.2) is 5.11 Å². The largest absolute Gasteiger partial charge is 0.508 e. The molecule has 1 aromatic heterocycles. The van der Waals surface area contributed by atoms with Gasteiger partial charge in [-0.15, -0.1) is 0 Å². The number of aryl methyl sites for hydroxylation is 2. The summed E-state index contributed by atoms with van der Waals surface area (Å²) in [5.74, 6) is -0.858. The summed E-state index contributed by atoms with van der Waals surface area (Å²) in [7, 11) is 0. The van der Waals surface area contributed by atoms with Crippen molar-refractivity contribution in [2.75, 3.05) is 4.90 Å². The van der Waals surface area contributed by atoms with Crippen LogP contribution in [0.15, 0.2) is 66.4 Å². The average molecular weight is 417 g/mol. The van der Waals surface area contributed by atoms with Crippen molar-refractivity contribution in [2.45, 2.75) is 13.8 Å². The van der Waals surface area contributed by atoms with E-state index in [1.807, 2.05) is 48.9 Å². The number of nitrogens with zero attached hydrogens (tertiary/aromatic N) is 2. The third kappa shape index (κ3) is 3.51. The van der Waals surface area contributed by atoms with Crippen molar-refractivity contribution >= 4 is 40.9 Å². The van der Waals surface area contributed by atoms with E-state index >= 15 is 0 Å². The van der Waals surface area contributed by atoms with E-state index in [9.17, 15) is 14.7 Å². The Kier molecular flexibility index (Phi) is 4.97. The van der Waals surface area contributed by atoms with Crippen molar-refractivity contribution < 1.29 is 14.7 Å². The summed E-state index contributed by atoms with van der Waals surface area (Å²) in [4.78, 5) is 27.2. The second-order valence-corrected chi connectivity index (χ2v) is 7.45. The molecule has 2 heterocycles. The first-order valence-electron chi connectivity index (χ1n) is 9.30. The number of thiocarbonyl (C=S) groups is 1. The van der Waals surface area contributed by atoms with Gasteiger partial charge in [-0.1, -0.05) is 17.7 Å². The van der Waals surface area contributed by atoms with Gasteiger partial charge in [-0.25, -0.2) is 0 Å². The molecule has 1 aliphatic rings. The molecule has 0 aliphatic carbocycles. The van der Waals surface area contributed by atoms with Gasteiger partial charge in [-0.3, -0.25) is 19.8 Å². The summed E-state index contributed by atoms with van der Waals surface area (Å²) in [6.45, 7) is 3.87. The molecule has 150 valence electrons. The Balaban J connectivity index is 1.76. The highest BCUT2D eigenvalue weighted by Gasteiger charge is 2.35. The molecule has 0 radical (unpaired) electrons. The second-order valence-electron chi connectivity index (χ2n) is 7.07. The molecule has 3 aromatic rings. The van der Waals surface area contributed by atoms with Crippen LogP contribution < -0.4 is 10.2 Å². The van der Waals surface area contributed by atoms with Gasteiger partial charge in [0.05, 0.1) is 5.69 Å². The second kappa shape index (κ2) is 7.61. The summed E-state index contributed by atoms with van der Waals surface area (Å²) in [5.41, 5.74) is 4.01. The first kappa shape index (κ1) is 19.6. The highest BCUT2D eigenvalue weighted by atomic mass is 32.1. The smallest absolute Gasteiger partial charge is 0.270 e. The van der Waals surface area contributed by atoms with E-state index in [0.29, 0.717) is 11.4 Å². The number of hydrogen-bond donors (Lipinski definition) is 2. The predicted molar refractivity (Wildman–Crippen MR) is 120 cm³/mol. The van der Waals surface area contributed by atoms with Crippen LogP contribution in [0.2, 0.25) is 0 Å². The summed E-state index contributed by atoms with van der Waals surface area (Å²) in [5, 5.41) is 12.2. The van der Waals surface area contributed by atoms with Crippen molar-refractivity contribution in [1.29, 1.82) is 0 Å². The van der Waals surface area contributed by atoms with Gasteiger partial charge in [-0.05, 0) is 80.2 Å². The van der Waals surface area contributed by atoms with Crippen molar-refractivity contribution in [2.24, 2.45) is 0 Å². The predicted octanol–water partition coefficient (Wildman–Crippen LogP) is 3.63. The van der Waals surface area contributed by atoms with Gasteiger partial charge < -0.3 is 9.67 Å². The number of rotatable bonds is 3. The van der Waals surface area contributed by atoms with E-state index < -0.39 is 11.8 Å². The van der Waals surface area contributed by atoms with Crippen LogP contribution in [0.1, 0.15) is 16.8 Å². The minimum absolute atomic E-state index is 0.0118. The Labute approximate surface area is 179 Å². The zero-order valence-corrected chi connectivity index (χ0v) is 17.2. The fraction of sp³-hybridized carbons (Fsp3) is 0.0870. The van der Waals surface area contributed by atoms with Gasteiger partial charge >= 0.3 is 0 Å². The molecule has 0 saturated carbocycles. The minimum atomic E-state index is -0.538. The molecule has 0 bridgehead atoms. The lowest BCUT2D eigenvalue weighted by Crippen LogP contribution is -2.54. The molecule has 7 heteroatoms. The maximum atomic E-state index is 13.3. The average Bonchev–Trinajstić information content (AvgIpc) is 3.15. The molecule has 30 heavy (non-hydrogen) atoms. The number of aromatic nitrogens is 1. The van der Waals surface area contributed by atoms with Gasteiger partial charge in [0, 0.05) is 17.6 Å². The van der Waals surface area contributed by atoms with Crippen LogP contribution in [0, 0.1) is 13.8 Å². The van der Waals surface area contributed by atoms with Gasteiger partial charge in [-0.2, -0.15) is 0 Å². The highest BCUT2D eigenvalue weighted by molar-refractivity contribution is 7.80. The first-order valence-corrected chi connectivity index (χ1v) is 9.71. The van der Waals surface area contributed by atoms with Gasteiger partial charge in [0.1, 0.15) is 11.3 Å². The number of carbonyl (C=O) groups is 2. The molecule has 2 amide bonds. The fourth-order valence-corrected chi connectivity index (χ4v) is 3.71. The van der Waals surface area contributed by atoms with Crippen molar-refractivity contribution in [3.8, 4) is 11.4 Å². The van der Waals surface area contributed by atoms with E-state index in [0.717, 1.165) is 16.8 Å². The van der Waals surface area contributed by atoms with Crippen LogP contribution in [0.25, 0.3) is 11.8 Å². The molecule has 0 atom stereocenters. The molecule has 1 aliphatic heterocycles. The Bertz CT molecular complexity index is 1210. The van der Waals surface area contributed by atoms with Crippen molar-refractivity contribution in [3.05, 3.63) is 83.2 Å². The number of aromatic hydroxyl groups is 1. The quantitative estimate of drug-likeness (QED) is 0.388. The number of benzene rings is 2. The molecule has 0 spiro atoms. The molecular formula is C23H19N3O3S. The molecule has 1 fully saturated rings. The number of amides is 2. The zero-order valence-electron chi connectivity index (χ0n) is 16.4. The first-order chi connectivity index (χ1) is 14.3. The fourth-order valence-electron chi connectivity index (χ4n) is 3.44. The normalized spacial score (nSPS) is 15.6. The summed E-state index contributed by atoms with van der Waals surface area (Å²) in [6.07, 6.45) is 3.36. The van der Waals surface area contributed by atoms with Gasteiger partial charge in [0.2, 0.25) is 0 Å². The standard InChI is InChI=1S/C23H19N3O3S/c1-14-5-10-20(15(2)12-14)26-22(29)19(21(28)24-23(26)30)13-17-4-3-11-25(17)16-6-8-18(27)9-7-16/h3-13,27H,1-2H3,(H,24,28,30)/b19-13+. The maximum absolute atomic E-state index is 13.3. The van der Waals surface area contributed by atoms with E-state index in [-0.39, 0.29) is 16.4 Å². The van der Waals surface area contributed by atoms with Gasteiger partial charge in [0.25, 0.3) is 11.8 Å². The van der Waals surface area contributed by atoms with E-state index in [1.165, 1.54) is 4.90 Å². The van der Waals surface area contributed by atoms with E-state index in [2.05, 4.69) is 5.32 Å². The minimum Gasteiger partial charge on any atom is -0.508 e. The molecular weight excluding hydrogens is 398 g/mol. The number of phenolic OH excluding ortho intramolecular Hbond substituents is 1. The Morgan fingerprint density at radius 1 is 1.03 bits per heavy atom. The third-order valence-electron chi connectivity index (χ3n) is 4.90. The van der Waals surface area contributed by atoms with Crippen molar-refractivity contribution in [3.63, 3.8) is 0 Å². The lowest BCUT2D eigenvalue weighted by Gasteiger charge is -2.30. The number of nitrogens with one attached hydrogen (secondary N) is 1. The monoisotopic (exact) mass is 417 g/mol. The summed E-state index contributed by atoms with van der Waals surface area (Å²) >= 11 is 5.29. The van der Waals surface area contributed by atoms with Crippen LogP contribution in [0.4, 0.5) is 5.69 Å². The SMILES string of the molecule is Cc1ccc(N2C(=O)/C(=C/c3cccn3-c3ccc(O)cc3)C(=O)NC2=S)c(C)c1. The van der Waals surface area contributed by atoms with E-state index in [1.54, 1.807) is 36.4 Å².